The van der Waals surface area contributed by atoms with Gasteiger partial charge in [-0.3, -0.25) is 5.01 Å². The van der Waals surface area contributed by atoms with Gasteiger partial charge >= 0.3 is 0 Å². The summed E-state index contributed by atoms with van der Waals surface area (Å²) in [5.41, 5.74) is 6.33. The molecular formula is C21H25Cl2N3. The normalized spacial score (nSPS) is 13.9. The van der Waals surface area contributed by atoms with Crippen LogP contribution in [-0.2, 0) is 13.0 Å². The van der Waals surface area contributed by atoms with Gasteiger partial charge in [0.05, 0.1) is 12.8 Å². The van der Waals surface area contributed by atoms with Gasteiger partial charge in [0.2, 0.25) is 0 Å². The number of hydrogen-bond acceptors (Lipinski definition) is 3. The molecular weight excluding hydrogens is 365 g/mol. The lowest BCUT2D eigenvalue weighted by Crippen LogP contribution is -2.27. The second-order valence-corrected chi connectivity index (χ2v) is 7.31. The second-order valence-electron chi connectivity index (χ2n) is 6.56. The standard InChI is InChI=1S/C21H25Cl2N3/c1-17-14-21(25(12-9-22)13-10-23)7-6-19(17)15-24-26-11-8-18-4-2-3-5-20(18)16-26/h2-7,14-15H,8-13,16H2,1H3. The summed E-state index contributed by atoms with van der Waals surface area (Å²) < 4.78 is 0. The summed E-state index contributed by atoms with van der Waals surface area (Å²) in [4.78, 5) is 2.22. The first-order chi connectivity index (χ1) is 12.7. The van der Waals surface area contributed by atoms with E-state index in [9.17, 15) is 0 Å². The van der Waals surface area contributed by atoms with E-state index >= 15 is 0 Å². The lowest BCUT2D eigenvalue weighted by molar-refractivity contribution is 0.269. The van der Waals surface area contributed by atoms with E-state index in [0.29, 0.717) is 11.8 Å². The quantitative estimate of drug-likeness (QED) is 0.505. The minimum Gasteiger partial charge on any atom is -0.369 e. The van der Waals surface area contributed by atoms with Crippen LogP contribution in [0.4, 0.5) is 5.69 Å². The molecule has 0 radical (unpaired) electrons. The lowest BCUT2D eigenvalue weighted by Gasteiger charge is -2.26. The van der Waals surface area contributed by atoms with Gasteiger partial charge in [-0.1, -0.05) is 30.3 Å². The highest BCUT2D eigenvalue weighted by Crippen LogP contribution is 2.21. The van der Waals surface area contributed by atoms with E-state index in [-0.39, 0.29) is 0 Å². The Hall–Kier alpha value is -1.71. The van der Waals surface area contributed by atoms with Crippen LogP contribution in [0, 0.1) is 6.92 Å². The topological polar surface area (TPSA) is 18.8 Å². The molecule has 0 saturated carbocycles. The molecule has 26 heavy (non-hydrogen) atoms. The molecule has 1 aliphatic heterocycles. The average Bonchev–Trinajstić information content (AvgIpc) is 2.66. The van der Waals surface area contributed by atoms with Gasteiger partial charge in [0.25, 0.3) is 0 Å². The van der Waals surface area contributed by atoms with Crippen molar-refractivity contribution in [2.24, 2.45) is 5.10 Å². The number of halogens is 2. The number of hydrogen-bond donors (Lipinski definition) is 0. The van der Waals surface area contributed by atoms with Crippen molar-refractivity contribution in [2.45, 2.75) is 19.9 Å². The van der Waals surface area contributed by atoms with Crippen LogP contribution in [-0.4, -0.2) is 42.6 Å². The van der Waals surface area contributed by atoms with Crippen molar-refractivity contribution in [1.29, 1.82) is 0 Å². The highest BCUT2D eigenvalue weighted by Gasteiger charge is 2.13. The molecule has 0 spiro atoms. The molecule has 0 fully saturated rings. The smallest absolute Gasteiger partial charge is 0.0613 e. The number of aryl methyl sites for hydroxylation is 1. The Morgan fingerprint density at radius 3 is 2.50 bits per heavy atom. The van der Waals surface area contributed by atoms with Gasteiger partial charge in [-0.05, 0) is 47.7 Å². The van der Waals surface area contributed by atoms with Gasteiger partial charge in [-0.25, -0.2) is 0 Å². The maximum absolute atomic E-state index is 5.91. The number of nitrogens with zero attached hydrogens (tertiary/aromatic N) is 3. The molecule has 138 valence electrons. The van der Waals surface area contributed by atoms with Gasteiger partial charge in [0.1, 0.15) is 0 Å². The third kappa shape index (κ3) is 4.72. The van der Waals surface area contributed by atoms with E-state index in [2.05, 4.69) is 59.3 Å². The van der Waals surface area contributed by atoms with Crippen molar-refractivity contribution in [1.82, 2.24) is 5.01 Å². The van der Waals surface area contributed by atoms with Crippen molar-refractivity contribution < 1.29 is 0 Å². The first kappa shape index (κ1) is 19.1. The van der Waals surface area contributed by atoms with Crippen molar-refractivity contribution in [3.63, 3.8) is 0 Å². The molecule has 0 atom stereocenters. The third-order valence-electron chi connectivity index (χ3n) is 4.80. The zero-order chi connectivity index (χ0) is 18.4. The molecule has 3 rings (SSSR count). The number of benzene rings is 2. The fourth-order valence-corrected chi connectivity index (χ4v) is 3.71. The summed E-state index contributed by atoms with van der Waals surface area (Å²) in [7, 11) is 0. The van der Waals surface area contributed by atoms with E-state index < -0.39 is 0 Å². The monoisotopic (exact) mass is 389 g/mol. The first-order valence-electron chi connectivity index (χ1n) is 9.04. The molecule has 1 aliphatic rings. The van der Waals surface area contributed by atoms with Gasteiger partial charge in [0.15, 0.2) is 0 Å². The Morgan fingerprint density at radius 1 is 1.08 bits per heavy atom. The van der Waals surface area contributed by atoms with Crippen LogP contribution in [0.5, 0.6) is 0 Å². The van der Waals surface area contributed by atoms with Gasteiger partial charge in [-0.2, -0.15) is 5.10 Å². The Balaban J connectivity index is 1.69. The Bertz CT molecular complexity index is 755. The van der Waals surface area contributed by atoms with Crippen LogP contribution in [0.1, 0.15) is 22.3 Å². The highest BCUT2D eigenvalue weighted by molar-refractivity contribution is 6.18. The Kier molecular flexibility index (Phi) is 6.81. The molecule has 0 bridgehead atoms. The van der Waals surface area contributed by atoms with Crippen molar-refractivity contribution >= 4 is 35.1 Å². The van der Waals surface area contributed by atoms with Gasteiger partial charge in [-0.15, -0.1) is 23.2 Å². The minimum atomic E-state index is 0.593. The molecule has 0 amide bonds. The predicted molar refractivity (Wildman–Crippen MR) is 113 cm³/mol. The number of rotatable bonds is 7. The molecule has 1 heterocycles. The zero-order valence-electron chi connectivity index (χ0n) is 15.2. The maximum Gasteiger partial charge on any atom is 0.0613 e. The fraction of sp³-hybridized carbons (Fsp3) is 0.381. The lowest BCUT2D eigenvalue weighted by atomic mass is 10.0. The summed E-state index contributed by atoms with van der Waals surface area (Å²) in [6, 6.07) is 15.1. The summed E-state index contributed by atoms with van der Waals surface area (Å²) in [5, 5.41) is 6.85. The molecule has 3 nitrogen and oxygen atoms in total. The van der Waals surface area contributed by atoms with Crippen molar-refractivity contribution in [3.8, 4) is 0 Å². The predicted octanol–water partition coefficient (Wildman–Crippen LogP) is 4.67. The minimum absolute atomic E-state index is 0.593. The van der Waals surface area contributed by atoms with E-state index in [1.54, 1.807) is 0 Å². The highest BCUT2D eigenvalue weighted by atomic mass is 35.5. The second kappa shape index (κ2) is 9.29. The molecule has 5 heteroatoms. The van der Waals surface area contributed by atoms with Crippen LogP contribution < -0.4 is 4.90 Å². The fourth-order valence-electron chi connectivity index (χ4n) is 3.30. The molecule has 0 N–H and O–H groups in total. The van der Waals surface area contributed by atoms with E-state index in [1.165, 1.54) is 16.7 Å². The molecule has 0 aliphatic carbocycles. The molecule has 2 aromatic rings. The first-order valence-corrected chi connectivity index (χ1v) is 10.1. The molecule has 0 aromatic heterocycles. The number of anilines is 1. The van der Waals surface area contributed by atoms with Crippen LogP contribution >= 0.6 is 23.2 Å². The van der Waals surface area contributed by atoms with Crippen molar-refractivity contribution in [2.75, 3.05) is 36.3 Å². The van der Waals surface area contributed by atoms with Gasteiger partial charge < -0.3 is 4.90 Å². The summed E-state index contributed by atoms with van der Waals surface area (Å²) in [5.74, 6) is 1.19. The molecule has 0 unspecified atom stereocenters. The maximum atomic E-state index is 5.91. The van der Waals surface area contributed by atoms with E-state index in [0.717, 1.165) is 43.9 Å². The summed E-state index contributed by atoms with van der Waals surface area (Å²) in [6.45, 7) is 5.56. The molecule has 0 saturated heterocycles. The zero-order valence-corrected chi connectivity index (χ0v) is 16.7. The average molecular weight is 390 g/mol. The third-order valence-corrected chi connectivity index (χ3v) is 5.14. The van der Waals surface area contributed by atoms with Crippen LogP contribution in [0.15, 0.2) is 47.6 Å². The number of alkyl halides is 2. The van der Waals surface area contributed by atoms with Crippen LogP contribution in [0.2, 0.25) is 0 Å². The van der Waals surface area contributed by atoms with E-state index in [1.807, 2.05) is 6.21 Å². The van der Waals surface area contributed by atoms with Crippen LogP contribution in [0.25, 0.3) is 0 Å². The summed E-state index contributed by atoms with van der Waals surface area (Å²) >= 11 is 11.8. The number of fused-ring (bicyclic) bond motifs is 1. The summed E-state index contributed by atoms with van der Waals surface area (Å²) in [6.07, 6.45) is 3.03. The number of hydrazone groups is 1. The Morgan fingerprint density at radius 2 is 1.81 bits per heavy atom. The van der Waals surface area contributed by atoms with E-state index in [4.69, 9.17) is 28.3 Å². The Labute approximate surface area is 166 Å². The largest absolute Gasteiger partial charge is 0.369 e. The van der Waals surface area contributed by atoms with Gasteiger partial charge in [0, 0.05) is 37.1 Å². The van der Waals surface area contributed by atoms with Crippen molar-refractivity contribution in [3.05, 3.63) is 64.7 Å². The molecule has 2 aromatic carbocycles. The van der Waals surface area contributed by atoms with Crippen LogP contribution in [0.3, 0.4) is 0 Å². The SMILES string of the molecule is Cc1cc(N(CCCl)CCCl)ccc1C=NN1CCc2ccccc2C1.